The van der Waals surface area contributed by atoms with Gasteiger partial charge in [0.1, 0.15) is 11.5 Å². The molecule has 24 heavy (non-hydrogen) atoms. The summed E-state index contributed by atoms with van der Waals surface area (Å²) < 4.78 is 1.99. The predicted molar refractivity (Wildman–Crippen MR) is 93.3 cm³/mol. The van der Waals surface area contributed by atoms with E-state index in [0.29, 0.717) is 5.02 Å². The highest BCUT2D eigenvalue weighted by Gasteiger charge is 2.35. The summed E-state index contributed by atoms with van der Waals surface area (Å²) in [4.78, 5) is 10.7. The van der Waals surface area contributed by atoms with Gasteiger partial charge in [-0.25, -0.2) is 4.98 Å². The van der Waals surface area contributed by atoms with Gasteiger partial charge in [-0.1, -0.05) is 18.5 Å². The van der Waals surface area contributed by atoms with Crippen molar-refractivity contribution in [2.45, 2.75) is 26.3 Å². The quantitative estimate of drug-likeness (QED) is 0.638. The standard InChI is InChI=1S/C16H14Cl2N6/c1-3-12-15-22-21-9(2)23(15)13-8-19-16(18)20-14(13)24(12)11-6-4-10(17)5-7-11/h4-8,12H,3H2,1-2H3. The van der Waals surface area contributed by atoms with Crippen molar-refractivity contribution in [3.63, 3.8) is 0 Å². The molecule has 1 atom stereocenters. The Morgan fingerprint density at radius 3 is 2.58 bits per heavy atom. The van der Waals surface area contributed by atoms with Crippen LogP contribution in [0.5, 0.6) is 0 Å². The lowest BCUT2D eigenvalue weighted by molar-refractivity contribution is 0.587. The fourth-order valence-electron chi connectivity index (χ4n) is 3.11. The normalized spacial score (nSPS) is 16.0. The molecule has 1 unspecified atom stereocenters. The number of anilines is 2. The van der Waals surface area contributed by atoms with Crippen molar-refractivity contribution in [3.8, 4) is 5.69 Å². The maximum absolute atomic E-state index is 6.08. The lowest BCUT2D eigenvalue weighted by Crippen LogP contribution is -2.32. The molecule has 0 amide bonds. The van der Waals surface area contributed by atoms with Crippen LogP contribution in [0, 0.1) is 6.92 Å². The van der Waals surface area contributed by atoms with Crippen molar-refractivity contribution in [2.75, 3.05) is 4.90 Å². The first-order valence-corrected chi connectivity index (χ1v) is 8.35. The molecule has 2 aromatic heterocycles. The van der Waals surface area contributed by atoms with E-state index in [4.69, 9.17) is 23.2 Å². The van der Waals surface area contributed by atoms with Crippen molar-refractivity contribution in [3.05, 3.63) is 52.4 Å². The molecular weight excluding hydrogens is 347 g/mol. The van der Waals surface area contributed by atoms with E-state index >= 15 is 0 Å². The number of hydrogen-bond donors (Lipinski definition) is 0. The summed E-state index contributed by atoms with van der Waals surface area (Å²) in [5.41, 5.74) is 1.78. The summed E-state index contributed by atoms with van der Waals surface area (Å²) in [5, 5.41) is 9.51. The fraction of sp³-hybridized carbons (Fsp3) is 0.250. The number of halogens is 2. The SMILES string of the molecule is CCC1c2nnc(C)n2-c2cnc(Cl)nc2N1c1ccc(Cl)cc1. The van der Waals surface area contributed by atoms with E-state index in [2.05, 4.69) is 32.0 Å². The molecule has 3 heterocycles. The van der Waals surface area contributed by atoms with Crippen LogP contribution in [0.15, 0.2) is 30.5 Å². The van der Waals surface area contributed by atoms with E-state index in [-0.39, 0.29) is 11.3 Å². The second-order valence-corrected chi connectivity index (χ2v) is 6.33. The van der Waals surface area contributed by atoms with E-state index in [1.807, 2.05) is 35.8 Å². The zero-order chi connectivity index (χ0) is 16.8. The Hall–Kier alpha value is -2.18. The van der Waals surface area contributed by atoms with Crippen molar-refractivity contribution >= 4 is 34.7 Å². The van der Waals surface area contributed by atoms with E-state index in [9.17, 15) is 0 Å². The average molecular weight is 361 g/mol. The maximum Gasteiger partial charge on any atom is 0.224 e. The van der Waals surface area contributed by atoms with Gasteiger partial charge < -0.3 is 4.90 Å². The lowest BCUT2D eigenvalue weighted by atomic mass is 10.1. The Balaban J connectivity index is 1.99. The summed E-state index contributed by atoms with van der Waals surface area (Å²) in [5.74, 6) is 2.40. The lowest BCUT2D eigenvalue weighted by Gasteiger charge is -2.37. The van der Waals surface area contributed by atoms with Crippen LogP contribution in [0.4, 0.5) is 11.5 Å². The molecule has 8 heteroatoms. The molecule has 0 saturated carbocycles. The Labute approximate surface area is 149 Å². The minimum absolute atomic E-state index is 0.00848. The van der Waals surface area contributed by atoms with Crippen molar-refractivity contribution in [1.82, 2.24) is 24.7 Å². The summed E-state index contributed by atoms with van der Waals surface area (Å²) in [6.45, 7) is 4.02. The number of hydrogen-bond acceptors (Lipinski definition) is 5. The first kappa shape index (κ1) is 15.4. The number of rotatable bonds is 2. The molecular formula is C16H14Cl2N6. The molecule has 0 fully saturated rings. The Kier molecular flexibility index (Phi) is 3.66. The molecule has 0 spiro atoms. The number of benzene rings is 1. The molecule has 0 bridgehead atoms. The Morgan fingerprint density at radius 2 is 1.88 bits per heavy atom. The van der Waals surface area contributed by atoms with Gasteiger partial charge in [0, 0.05) is 10.7 Å². The van der Waals surface area contributed by atoms with Crippen LogP contribution in [0.25, 0.3) is 5.69 Å². The van der Waals surface area contributed by atoms with Crippen LogP contribution in [0.1, 0.15) is 31.0 Å². The third-order valence-electron chi connectivity index (χ3n) is 4.14. The van der Waals surface area contributed by atoms with Crippen LogP contribution in [0.2, 0.25) is 10.3 Å². The molecule has 1 aromatic carbocycles. The molecule has 1 aliphatic heterocycles. The minimum atomic E-state index is -0.00848. The first-order chi connectivity index (χ1) is 11.6. The molecule has 3 aromatic rings. The van der Waals surface area contributed by atoms with Gasteiger partial charge >= 0.3 is 0 Å². The molecule has 6 nitrogen and oxygen atoms in total. The zero-order valence-electron chi connectivity index (χ0n) is 13.1. The number of aromatic nitrogens is 5. The molecule has 0 radical (unpaired) electrons. The largest absolute Gasteiger partial charge is 0.314 e. The van der Waals surface area contributed by atoms with Crippen LogP contribution in [-0.4, -0.2) is 24.7 Å². The van der Waals surface area contributed by atoms with Gasteiger partial charge in [0.05, 0.1) is 12.2 Å². The Bertz CT molecular complexity index is 905. The number of aryl methyl sites for hydroxylation is 1. The van der Waals surface area contributed by atoms with Crippen molar-refractivity contribution in [1.29, 1.82) is 0 Å². The van der Waals surface area contributed by atoms with Gasteiger partial charge in [-0.2, -0.15) is 4.98 Å². The minimum Gasteiger partial charge on any atom is -0.314 e. The highest BCUT2D eigenvalue weighted by molar-refractivity contribution is 6.30. The summed E-state index contributed by atoms with van der Waals surface area (Å²) >= 11 is 12.1. The van der Waals surface area contributed by atoms with Crippen molar-refractivity contribution < 1.29 is 0 Å². The monoisotopic (exact) mass is 360 g/mol. The van der Waals surface area contributed by atoms with Gasteiger partial charge in [0.15, 0.2) is 11.6 Å². The van der Waals surface area contributed by atoms with Crippen LogP contribution >= 0.6 is 23.2 Å². The fourth-order valence-corrected chi connectivity index (χ4v) is 3.36. The second kappa shape index (κ2) is 5.72. The highest BCUT2D eigenvalue weighted by atomic mass is 35.5. The van der Waals surface area contributed by atoms with Gasteiger partial charge in [0.25, 0.3) is 0 Å². The molecule has 1 aliphatic rings. The van der Waals surface area contributed by atoms with Crippen LogP contribution in [0.3, 0.4) is 0 Å². The molecule has 4 rings (SSSR count). The van der Waals surface area contributed by atoms with Gasteiger partial charge in [-0.15, -0.1) is 10.2 Å². The summed E-state index contributed by atoms with van der Waals surface area (Å²) in [7, 11) is 0. The molecule has 0 aliphatic carbocycles. The third-order valence-corrected chi connectivity index (χ3v) is 4.57. The second-order valence-electron chi connectivity index (χ2n) is 5.56. The summed E-state index contributed by atoms with van der Waals surface area (Å²) in [6, 6.07) is 7.63. The predicted octanol–water partition coefficient (Wildman–Crippen LogP) is 4.28. The van der Waals surface area contributed by atoms with E-state index < -0.39 is 0 Å². The van der Waals surface area contributed by atoms with Gasteiger partial charge in [-0.3, -0.25) is 4.57 Å². The number of fused-ring (bicyclic) bond motifs is 3. The first-order valence-electron chi connectivity index (χ1n) is 7.59. The third kappa shape index (κ3) is 2.25. The summed E-state index contributed by atoms with van der Waals surface area (Å²) in [6.07, 6.45) is 2.54. The molecule has 0 N–H and O–H groups in total. The topological polar surface area (TPSA) is 59.7 Å². The smallest absolute Gasteiger partial charge is 0.224 e. The Morgan fingerprint density at radius 1 is 1.12 bits per heavy atom. The van der Waals surface area contributed by atoms with Crippen molar-refractivity contribution in [2.24, 2.45) is 0 Å². The van der Waals surface area contributed by atoms with E-state index in [0.717, 1.165) is 35.3 Å². The number of nitrogens with zero attached hydrogens (tertiary/aromatic N) is 6. The van der Waals surface area contributed by atoms with Gasteiger partial charge in [0.2, 0.25) is 5.28 Å². The van der Waals surface area contributed by atoms with E-state index in [1.54, 1.807) is 6.20 Å². The highest BCUT2D eigenvalue weighted by Crippen LogP contribution is 2.43. The average Bonchev–Trinajstić information content (AvgIpc) is 2.96. The van der Waals surface area contributed by atoms with Gasteiger partial charge in [-0.05, 0) is 49.2 Å². The van der Waals surface area contributed by atoms with E-state index in [1.165, 1.54) is 0 Å². The van der Waals surface area contributed by atoms with Crippen LogP contribution < -0.4 is 4.90 Å². The molecule has 122 valence electrons. The maximum atomic E-state index is 6.08. The molecule has 0 saturated heterocycles. The van der Waals surface area contributed by atoms with Crippen LogP contribution in [-0.2, 0) is 0 Å². The zero-order valence-corrected chi connectivity index (χ0v) is 14.6.